The van der Waals surface area contributed by atoms with Gasteiger partial charge in [0.05, 0.1) is 16.7 Å². The molecule has 0 aliphatic heterocycles. The van der Waals surface area contributed by atoms with Gasteiger partial charge in [-0.3, -0.25) is 0 Å². The predicted octanol–water partition coefficient (Wildman–Crippen LogP) is 2.85. The van der Waals surface area contributed by atoms with Crippen molar-refractivity contribution < 1.29 is 0 Å². The molecule has 2 rings (SSSR count). The van der Waals surface area contributed by atoms with Crippen LogP contribution in [-0.2, 0) is 5.41 Å². The van der Waals surface area contributed by atoms with E-state index in [1.165, 1.54) is 17.8 Å². The Kier molecular flexibility index (Phi) is 2.40. The molecular weight excluding hydrogens is 192 g/mol. The second-order valence-electron chi connectivity index (χ2n) is 4.91. The highest BCUT2D eigenvalue weighted by Gasteiger charge is 2.41. The van der Waals surface area contributed by atoms with Gasteiger partial charge in [0, 0.05) is 10.8 Å². The standard InChI is InChI=1S/C11H18N2S/c1-7(2)9(12)8-6-14-10(13-8)11(3)4-5-11/h6-7,9H,4-5,12H2,1-3H3. The van der Waals surface area contributed by atoms with Gasteiger partial charge in [0.1, 0.15) is 0 Å². The van der Waals surface area contributed by atoms with Crippen molar-refractivity contribution in [2.45, 2.75) is 45.1 Å². The van der Waals surface area contributed by atoms with Crippen LogP contribution in [0.2, 0.25) is 0 Å². The lowest BCUT2D eigenvalue weighted by atomic mass is 10.0. The number of nitrogens with two attached hydrogens (primary N) is 1. The van der Waals surface area contributed by atoms with Crippen molar-refractivity contribution in [2.75, 3.05) is 0 Å². The van der Waals surface area contributed by atoms with Crippen LogP contribution in [0.25, 0.3) is 0 Å². The Morgan fingerprint density at radius 2 is 2.14 bits per heavy atom. The van der Waals surface area contributed by atoms with E-state index in [0.29, 0.717) is 11.3 Å². The third-order valence-electron chi connectivity index (χ3n) is 3.10. The lowest BCUT2D eigenvalue weighted by molar-refractivity contribution is 0.503. The molecule has 1 aliphatic carbocycles. The molecule has 14 heavy (non-hydrogen) atoms. The van der Waals surface area contributed by atoms with E-state index in [-0.39, 0.29) is 6.04 Å². The third-order valence-corrected chi connectivity index (χ3v) is 4.26. The highest BCUT2D eigenvalue weighted by Crippen LogP contribution is 2.48. The number of nitrogens with zero attached hydrogens (tertiary/aromatic N) is 1. The Bertz CT molecular complexity index is 326. The molecule has 0 saturated heterocycles. The van der Waals surface area contributed by atoms with Crippen LogP contribution in [0.1, 0.15) is 50.4 Å². The van der Waals surface area contributed by atoms with Crippen LogP contribution >= 0.6 is 11.3 Å². The summed E-state index contributed by atoms with van der Waals surface area (Å²) < 4.78 is 0. The number of hydrogen-bond donors (Lipinski definition) is 1. The van der Waals surface area contributed by atoms with Crippen molar-refractivity contribution >= 4 is 11.3 Å². The number of rotatable bonds is 3. The number of aromatic nitrogens is 1. The molecular formula is C11H18N2S. The Balaban J connectivity index is 2.17. The maximum Gasteiger partial charge on any atom is 0.0988 e. The molecule has 1 atom stereocenters. The van der Waals surface area contributed by atoms with Gasteiger partial charge in [0.25, 0.3) is 0 Å². The molecule has 1 unspecified atom stereocenters. The first-order valence-electron chi connectivity index (χ1n) is 5.24. The van der Waals surface area contributed by atoms with Gasteiger partial charge in [-0.25, -0.2) is 4.98 Å². The van der Waals surface area contributed by atoms with E-state index < -0.39 is 0 Å². The van der Waals surface area contributed by atoms with Crippen LogP contribution in [0.15, 0.2) is 5.38 Å². The Labute approximate surface area is 89.5 Å². The molecule has 1 heterocycles. The lowest BCUT2D eigenvalue weighted by Gasteiger charge is -2.12. The zero-order valence-corrected chi connectivity index (χ0v) is 9.90. The van der Waals surface area contributed by atoms with Gasteiger partial charge in [0.2, 0.25) is 0 Å². The maximum atomic E-state index is 6.06. The average Bonchev–Trinajstić information content (AvgIpc) is 2.69. The van der Waals surface area contributed by atoms with Gasteiger partial charge in [-0.05, 0) is 18.8 Å². The fourth-order valence-electron chi connectivity index (χ4n) is 1.46. The van der Waals surface area contributed by atoms with E-state index in [1.807, 2.05) is 0 Å². The molecule has 2 nitrogen and oxygen atoms in total. The normalized spacial score (nSPS) is 21.2. The number of hydrogen-bond acceptors (Lipinski definition) is 3. The molecule has 1 saturated carbocycles. The zero-order chi connectivity index (χ0) is 10.3. The zero-order valence-electron chi connectivity index (χ0n) is 9.08. The Morgan fingerprint density at radius 3 is 2.64 bits per heavy atom. The lowest BCUT2D eigenvalue weighted by Crippen LogP contribution is -2.17. The van der Waals surface area contributed by atoms with Gasteiger partial charge in [0.15, 0.2) is 0 Å². The van der Waals surface area contributed by atoms with E-state index >= 15 is 0 Å². The molecule has 2 N–H and O–H groups in total. The first kappa shape index (κ1) is 10.1. The monoisotopic (exact) mass is 210 g/mol. The molecule has 1 aromatic heterocycles. The number of thiazole rings is 1. The summed E-state index contributed by atoms with van der Waals surface area (Å²) in [5.41, 5.74) is 7.52. The van der Waals surface area contributed by atoms with Crippen molar-refractivity contribution in [1.82, 2.24) is 4.98 Å². The van der Waals surface area contributed by atoms with E-state index in [4.69, 9.17) is 5.73 Å². The van der Waals surface area contributed by atoms with Crippen LogP contribution in [0.5, 0.6) is 0 Å². The molecule has 1 fully saturated rings. The molecule has 0 aromatic carbocycles. The summed E-state index contributed by atoms with van der Waals surface area (Å²) in [5, 5.41) is 3.41. The minimum absolute atomic E-state index is 0.0994. The fourth-order valence-corrected chi connectivity index (χ4v) is 2.55. The summed E-state index contributed by atoms with van der Waals surface area (Å²) >= 11 is 1.77. The molecule has 0 bridgehead atoms. The molecule has 0 spiro atoms. The van der Waals surface area contributed by atoms with Crippen LogP contribution in [0.3, 0.4) is 0 Å². The molecule has 0 radical (unpaired) electrons. The van der Waals surface area contributed by atoms with Crippen molar-refractivity contribution in [3.05, 3.63) is 16.1 Å². The van der Waals surface area contributed by atoms with Crippen molar-refractivity contribution in [3.8, 4) is 0 Å². The highest BCUT2D eigenvalue weighted by molar-refractivity contribution is 7.09. The fraction of sp³-hybridized carbons (Fsp3) is 0.727. The smallest absolute Gasteiger partial charge is 0.0988 e. The first-order chi connectivity index (χ1) is 6.53. The predicted molar refractivity (Wildman–Crippen MR) is 60.5 cm³/mol. The summed E-state index contributed by atoms with van der Waals surface area (Å²) in [4.78, 5) is 4.66. The van der Waals surface area contributed by atoms with Crippen molar-refractivity contribution in [1.29, 1.82) is 0 Å². The summed E-state index contributed by atoms with van der Waals surface area (Å²) in [6, 6.07) is 0.0994. The summed E-state index contributed by atoms with van der Waals surface area (Å²) in [7, 11) is 0. The van der Waals surface area contributed by atoms with Gasteiger partial charge < -0.3 is 5.73 Å². The molecule has 0 amide bonds. The maximum absolute atomic E-state index is 6.06. The molecule has 3 heteroatoms. The second kappa shape index (κ2) is 3.31. The quantitative estimate of drug-likeness (QED) is 0.833. The Morgan fingerprint density at radius 1 is 1.50 bits per heavy atom. The average molecular weight is 210 g/mol. The molecule has 1 aliphatic rings. The van der Waals surface area contributed by atoms with Crippen LogP contribution in [0, 0.1) is 5.92 Å². The van der Waals surface area contributed by atoms with Gasteiger partial charge in [-0.1, -0.05) is 20.8 Å². The van der Waals surface area contributed by atoms with Gasteiger partial charge in [-0.15, -0.1) is 11.3 Å². The van der Waals surface area contributed by atoms with Gasteiger partial charge in [-0.2, -0.15) is 0 Å². The van der Waals surface area contributed by atoms with Crippen LogP contribution in [0.4, 0.5) is 0 Å². The van der Waals surface area contributed by atoms with E-state index in [9.17, 15) is 0 Å². The minimum Gasteiger partial charge on any atom is -0.322 e. The second-order valence-corrected chi connectivity index (χ2v) is 5.77. The SMILES string of the molecule is CC(C)C(N)c1csc(C2(C)CC2)n1. The molecule has 1 aromatic rings. The van der Waals surface area contributed by atoms with Crippen LogP contribution < -0.4 is 5.73 Å². The van der Waals surface area contributed by atoms with Gasteiger partial charge >= 0.3 is 0 Å². The van der Waals surface area contributed by atoms with E-state index in [2.05, 4.69) is 31.1 Å². The van der Waals surface area contributed by atoms with Crippen LogP contribution in [-0.4, -0.2) is 4.98 Å². The molecule has 78 valence electrons. The van der Waals surface area contributed by atoms with E-state index in [0.717, 1.165) is 5.69 Å². The summed E-state index contributed by atoms with van der Waals surface area (Å²) in [6.07, 6.45) is 2.58. The third kappa shape index (κ3) is 1.71. The first-order valence-corrected chi connectivity index (χ1v) is 6.12. The minimum atomic E-state index is 0.0994. The summed E-state index contributed by atoms with van der Waals surface area (Å²) in [5.74, 6) is 0.469. The van der Waals surface area contributed by atoms with E-state index in [1.54, 1.807) is 11.3 Å². The summed E-state index contributed by atoms with van der Waals surface area (Å²) in [6.45, 7) is 6.57. The van der Waals surface area contributed by atoms with Crippen molar-refractivity contribution in [2.24, 2.45) is 11.7 Å². The largest absolute Gasteiger partial charge is 0.322 e. The topological polar surface area (TPSA) is 38.9 Å². The van der Waals surface area contributed by atoms with Crippen molar-refractivity contribution in [3.63, 3.8) is 0 Å². The Hall–Kier alpha value is -0.410. The highest BCUT2D eigenvalue weighted by atomic mass is 32.1.